The highest BCUT2D eigenvalue weighted by Gasteiger charge is 2.48. The number of hydrogen-bond donors (Lipinski definition) is 0. The third-order valence-electron chi connectivity index (χ3n) is 4.19. The van der Waals surface area contributed by atoms with Gasteiger partial charge in [0, 0.05) is 6.61 Å². The van der Waals surface area contributed by atoms with Crippen LogP contribution in [0.2, 0.25) is 0 Å². The van der Waals surface area contributed by atoms with Gasteiger partial charge in [0.25, 0.3) is 0 Å². The van der Waals surface area contributed by atoms with Gasteiger partial charge in [-0.25, -0.2) is 0 Å². The van der Waals surface area contributed by atoms with E-state index in [4.69, 9.17) is 4.74 Å². The van der Waals surface area contributed by atoms with Gasteiger partial charge in [0.05, 0.1) is 0 Å². The molecule has 1 fully saturated rings. The average Bonchev–Trinajstić information content (AvgIpc) is 2.25. The Bertz CT molecular complexity index is 260. The molecule has 1 aliphatic carbocycles. The summed E-state index contributed by atoms with van der Waals surface area (Å²) in [5.74, 6) is 1.74. The van der Waals surface area contributed by atoms with Crippen LogP contribution in [0.25, 0.3) is 0 Å². The smallest absolute Gasteiger partial charge is 0.161 e. The normalized spacial score (nSPS) is 34.0. The van der Waals surface area contributed by atoms with Crippen LogP contribution in [0, 0.1) is 17.8 Å². The number of hydrogen-bond acceptors (Lipinski definition) is 2. The second-order valence-corrected chi connectivity index (χ2v) is 6.03. The van der Waals surface area contributed by atoms with Crippen molar-refractivity contribution >= 4 is 5.78 Å². The van der Waals surface area contributed by atoms with Crippen LogP contribution in [0.4, 0.5) is 0 Å². The summed E-state index contributed by atoms with van der Waals surface area (Å²) in [6.07, 6.45) is 4.24. The van der Waals surface area contributed by atoms with Crippen molar-refractivity contribution < 1.29 is 9.53 Å². The molecule has 0 heterocycles. The number of Topliss-reactive ketones (excluding diaryl/α,β-unsaturated/α-hetero) is 1. The van der Waals surface area contributed by atoms with Gasteiger partial charge in [0.1, 0.15) is 5.60 Å². The molecule has 1 saturated carbocycles. The lowest BCUT2D eigenvalue weighted by molar-refractivity contribution is -0.165. The molecule has 100 valence electrons. The molecule has 0 bridgehead atoms. The van der Waals surface area contributed by atoms with Gasteiger partial charge >= 0.3 is 0 Å². The highest BCUT2D eigenvalue weighted by Crippen LogP contribution is 2.44. The molecule has 0 saturated heterocycles. The van der Waals surface area contributed by atoms with Gasteiger partial charge in [0.2, 0.25) is 0 Å². The fourth-order valence-corrected chi connectivity index (χ4v) is 3.30. The van der Waals surface area contributed by atoms with E-state index >= 15 is 0 Å². The van der Waals surface area contributed by atoms with Gasteiger partial charge in [-0.15, -0.1) is 0 Å². The highest BCUT2D eigenvalue weighted by molar-refractivity contribution is 5.85. The van der Waals surface area contributed by atoms with Crippen LogP contribution in [0.3, 0.4) is 0 Å². The fraction of sp³-hybridized carbons (Fsp3) is 0.933. The minimum Gasteiger partial charge on any atom is -0.367 e. The van der Waals surface area contributed by atoms with Crippen LogP contribution in [-0.4, -0.2) is 18.0 Å². The second kappa shape index (κ2) is 5.99. The molecule has 2 nitrogen and oxygen atoms in total. The van der Waals surface area contributed by atoms with Crippen molar-refractivity contribution in [2.45, 2.75) is 65.9 Å². The maximum Gasteiger partial charge on any atom is 0.161 e. The lowest BCUT2D eigenvalue weighted by Gasteiger charge is -2.46. The quantitative estimate of drug-likeness (QED) is 0.730. The van der Waals surface area contributed by atoms with Crippen molar-refractivity contribution in [3.63, 3.8) is 0 Å². The van der Waals surface area contributed by atoms with Crippen molar-refractivity contribution in [1.29, 1.82) is 0 Å². The van der Waals surface area contributed by atoms with E-state index in [0.717, 1.165) is 19.3 Å². The molecule has 0 aromatic rings. The Morgan fingerprint density at radius 1 is 1.41 bits per heavy atom. The molecular formula is C15H28O2. The third kappa shape index (κ3) is 3.09. The Hall–Kier alpha value is -0.370. The van der Waals surface area contributed by atoms with E-state index in [9.17, 15) is 4.79 Å². The zero-order chi connectivity index (χ0) is 13.1. The summed E-state index contributed by atoms with van der Waals surface area (Å²) in [4.78, 5) is 12.2. The molecule has 1 aliphatic rings. The first-order valence-electron chi connectivity index (χ1n) is 7.09. The summed E-state index contributed by atoms with van der Waals surface area (Å²) in [5, 5.41) is 0. The number of rotatable bonds is 5. The number of ether oxygens (including phenoxy) is 1. The van der Waals surface area contributed by atoms with Crippen LogP contribution in [0.5, 0.6) is 0 Å². The van der Waals surface area contributed by atoms with Gasteiger partial charge in [-0.1, -0.05) is 34.1 Å². The molecule has 17 heavy (non-hydrogen) atoms. The molecule has 0 aliphatic heterocycles. The van der Waals surface area contributed by atoms with Gasteiger partial charge in [-0.2, -0.15) is 0 Å². The van der Waals surface area contributed by atoms with Crippen molar-refractivity contribution in [3.8, 4) is 0 Å². The number of carbonyl (C=O) groups is 1. The topological polar surface area (TPSA) is 26.3 Å². The standard InChI is InChI=1S/C15H28O2/c1-6-9-17-15(13(5)16)10-12(4)7-8-14(15)11(2)3/h11-12,14H,6-10H2,1-5H3. The van der Waals surface area contributed by atoms with Crippen LogP contribution in [-0.2, 0) is 9.53 Å². The zero-order valence-corrected chi connectivity index (χ0v) is 12.1. The molecule has 0 aromatic heterocycles. The molecular weight excluding hydrogens is 212 g/mol. The van der Waals surface area contributed by atoms with Crippen LogP contribution in [0.1, 0.15) is 60.3 Å². The zero-order valence-electron chi connectivity index (χ0n) is 12.1. The van der Waals surface area contributed by atoms with Crippen molar-refractivity contribution in [1.82, 2.24) is 0 Å². The summed E-state index contributed by atoms with van der Waals surface area (Å²) in [6, 6.07) is 0. The van der Waals surface area contributed by atoms with E-state index < -0.39 is 5.60 Å². The first kappa shape index (κ1) is 14.7. The lowest BCUT2D eigenvalue weighted by atomic mass is 9.65. The van der Waals surface area contributed by atoms with Crippen LogP contribution >= 0.6 is 0 Å². The monoisotopic (exact) mass is 240 g/mol. The molecule has 1 rings (SSSR count). The number of carbonyl (C=O) groups excluding carboxylic acids is 1. The number of ketones is 1. The summed E-state index contributed by atoms with van der Waals surface area (Å²) in [7, 11) is 0. The Labute approximate surface area is 106 Å². The van der Waals surface area contributed by atoms with E-state index in [-0.39, 0.29) is 5.78 Å². The maximum absolute atomic E-state index is 12.2. The maximum atomic E-state index is 12.2. The average molecular weight is 240 g/mol. The minimum atomic E-state index is -0.498. The Balaban J connectivity index is 2.96. The first-order valence-corrected chi connectivity index (χ1v) is 7.09. The molecule has 0 aromatic carbocycles. The van der Waals surface area contributed by atoms with Gasteiger partial charge < -0.3 is 4.74 Å². The first-order chi connectivity index (χ1) is 7.94. The van der Waals surface area contributed by atoms with E-state index in [1.54, 1.807) is 6.92 Å². The van der Waals surface area contributed by atoms with Crippen LogP contribution < -0.4 is 0 Å². The molecule has 2 heteroatoms. The predicted molar refractivity (Wildman–Crippen MR) is 71.0 cm³/mol. The summed E-state index contributed by atoms with van der Waals surface area (Å²) >= 11 is 0. The van der Waals surface area contributed by atoms with Crippen molar-refractivity contribution in [2.24, 2.45) is 17.8 Å². The minimum absolute atomic E-state index is 0.233. The van der Waals surface area contributed by atoms with Crippen molar-refractivity contribution in [3.05, 3.63) is 0 Å². The van der Waals surface area contributed by atoms with Crippen LogP contribution in [0.15, 0.2) is 0 Å². The summed E-state index contributed by atoms with van der Waals surface area (Å²) < 4.78 is 6.08. The van der Waals surface area contributed by atoms with Gasteiger partial charge in [-0.3, -0.25) is 4.79 Å². The van der Waals surface area contributed by atoms with E-state index in [1.807, 2.05) is 0 Å². The molecule has 3 atom stereocenters. The highest BCUT2D eigenvalue weighted by atomic mass is 16.5. The molecule has 0 radical (unpaired) electrons. The fourth-order valence-electron chi connectivity index (χ4n) is 3.30. The summed E-state index contributed by atoms with van der Waals surface area (Å²) in [6.45, 7) is 11.2. The second-order valence-electron chi connectivity index (χ2n) is 6.03. The molecule has 0 N–H and O–H groups in total. The van der Waals surface area contributed by atoms with Crippen molar-refractivity contribution in [2.75, 3.05) is 6.61 Å². The Morgan fingerprint density at radius 3 is 2.53 bits per heavy atom. The largest absolute Gasteiger partial charge is 0.367 e. The van der Waals surface area contributed by atoms with E-state index in [0.29, 0.717) is 24.4 Å². The Morgan fingerprint density at radius 2 is 2.06 bits per heavy atom. The van der Waals surface area contributed by atoms with E-state index in [1.165, 1.54) is 6.42 Å². The molecule has 3 unspecified atom stereocenters. The van der Waals surface area contributed by atoms with E-state index in [2.05, 4.69) is 27.7 Å². The lowest BCUT2D eigenvalue weighted by Crippen LogP contribution is -2.53. The SMILES string of the molecule is CCCOC1(C(C)=O)CC(C)CCC1C(C)C. The van der Waals surface area contributed by atoms with Gasteiger partial charge in [-0.05, 0) is 43.9 Å². The molecule has 0 spiro atoms. The summed E-state index contributed by atoms with van der Waals surface area (Å²) in [5.41, 5.74) is -0.498. The van der Waals surface area contributed by atoms with Gasteiger partial charge in [0.15, 0.2) is 5.78 Å². The molecule has 0 amide bonds. The predicted octanol–water partition coefficient (Wildman–Crippen LogP) is 3.83. The third-order valence-corrected chi connectivity index (χ3v) is 4.19. The Kier molecular flexibility index (Phi) is 5.18.